The summed E-state index contributed by atoms with van der Waals surface area (Å²) >= 11 is 0. The average molecular weight is 534 g/mol. The Bertz CT molecular complexity index is 760. The monoisotopic (exact) mass is 534 g/mol. The minimum absolute atomic E-state index is 1.11. The topological polar surface area (TPSA) is 44.8 Å². The summed E-state index contributed by atoms with van der Waals surface area (Å²) in [7, 11) is 0. The standard InChI is InChI=1S/C12H3F17O4/c1-2-3-31-4(30)5(13,8(17,18)19)32-12(28,29)7(16,10(23,24)25)33-11(26,27)6(14,15)9(20,21)22/h1H,3H2/t5-,7+/m1/s1. The number of carbonyl (C=O) groups is 1. The van der Waals surface area contributed by atoms with Crippen molar-refractivity contribution < 1.29 is 93.6 Å². The van der Waals surface area contributed by atoms with Crippen LogP contribution in [-0.4, -0.2) is 61.0 Å². The number of halogens is 17. The number of hydrogen-bond acceptors (Lipinski definition) is 4. The van der Waals surface area contributed by atoms with E-state index < -0.39 is 61.0 Å². The lowest BCUT2D eigenvalue weighted by Crippen LogP contribution is -2.68. The van der Waals surface area contributed by atoms with Crippen LogP contribution in [-0.2, 0) is 19.0 Å². The summed E-state index contributed by atoms with van der Waals surface area (Å²) in [6.07, 6.45) is -34.4. The second-order valence-electron chi connectivity index (χ2n) is 5.28. The number of ether oxygens (including phenoxy) is 3. The maximum Gasteiger partial charge on any atom is 0.462 e. The number of esters is 1. The summed E-state index contributed by atoms with van der Waals surface area (Å²) in [5.41, 5.74) is 0. The van der Waals surface area contributed by atoms with Crippen LogP contribution in [0.2, 0.25) is 0 Å². The molecule has 21 heteroatoms. The Balaban J connectivity index is 6.71. The van der Waals surface area contributed by atoms with Gasteiger partial charge in [-0.1, -0.05) is 5.92 Å². The first-order valence-electron chi connectivity index (χ1n) is 6.87. The predicted molar refractivity (Wildman–Crippen MR) is 62.6 cm³/mol. The van der Waals surface area contributed by atoms with Gasteiger partial charge in [-0.25, -0.2) is 4.79 Å². The Labute approximate surface area is 168 Å². The van der Waals surface area contributed by atoms with E-state index in [0.29, 0.717) is 0 Å². The highest BCUT2D eigenvalue weighted by atomic mass is 19.4. The molecule has 0 aliphatic rings. The molecule has 0 heterocycles. The van der Waals surface area contributed by atoms with Gasteiger partial charge in [0.15, 0.2) is 6.61 Å². The molecule has 0 aromatic heterocycles. The van der Waals surface area contributed by atoms with E-state index in [1.54, 1.807) is 4.74 Å². The van der Waals surface area contributed by atoms with Crippen molar-refractivity contribution in [2.45, 2.75) is 48.4 Å². The first kappa shape index (κ1) is 30.8. The van der Waals surface area contributed by atoms with Crippen LogP contribution in [0, 0.1) is 12.3 Å². The first-order valence-corrected chi connectivity index (χ1v) is 6.87. The molecule has 0 rings (SSSR count). The number of alkyl halides is 17. The summed E-state index contributed by atoms with van der Waals surface area (Å²) in [4.78, 5) is 11.0. The van der Waals surface area contributed by atoms with Gasteiger partial charge in [0.1, 0.15) is 0 Å². The molecule has 0 bridgehead atoms. The lowest BCUT2D eigenvalue weighted by molar-refractivity contribution is -0.548. The lowest BCUT2D eigenvalue weighted by atomic mass is 10.2. The third-order valence-corrected chi connectivity index (χ3v) is 2.91. The first-order chi connectivity index (χ1) is 14.1. The highest BCUT2D eigenvalue weighted by Crippen LogP contribution is 2.56. The third kappa shape index (κ3) is 5.47. The van der Waals surface area contributed by atoms with Crippen molar-refractivity contribution >= 4 is 5.97 Å². The van der Waals surface area contributed by atoms with Crippen molar-refractivity contribution in [3.8, 4) is 12.3 Å². The largest absolute Gasteiger partial charge is 0.462 e. The van der Waals surface area contributed by atoms with Crippen LogP contribution in [0.5, 0.6) is 0 Å². The van der Waals surface area contributed by atoms with E-state index in [1.165, 1.54) is 4.74 Å². The summed E-state index contributed by atoms with van der Waals surface area (Å²) in [6.45, 7) is -1.73. The van der Waals surface area contributed by atoms with Gasteiger partial charge in [-0.3, -0.25) is 9.47 Å². The fraction of sp³-hybridized carbons (Fsp3) is 0.750. The third-order valence-electron chi connectivity index (χ3n) is 2.91. The molecule has 0 spiro atoms. The highest BCUT2D eigenvalue weighted by molar-refractivity contribution is 5.79. The fourth-order valence-electron chi connectivity index (χ4n) is 1.35. The van der Waals surface area contributed by atoms with Gasteiger partial charge < -0.3 is 4.74 Å². The van der Waals surface area contributed by atoms with E-state index in [-0.39, 0.29) is 0 Å². The van der Waals surface area contributed by atoms with Crippen LogP contribution in [0.1, 0.15) is 0 Å². The molecule has 0 saturated heterocycles. The lowest BCUT2D eigenvalue weighted by Gasteiger charge is -2.39. The van der Waals surface area contributed by atoms with Gasteiger partial charge in [-0.2, -0.15) is 74.6 Å². The van der Waals surface area contributed by atoms with Crippen molar-refractivity contribution in [2.75, 3.05) is 6.61 Å². The molecule has 0 N–H and O–H groups in total. The minimum Gasteiger partial charge on any atom is -0.448 e. The highest BCUT2D eigenvalue weighted by Gasteiger charge is 2.85. The van der Waals surface area contributed by atoms with Crippen LogP contribution in [0.3, 0.4) is 0 Å². The minimum atomic E-state index is -8.08. The molecule has 2 atom stereocenters. The molecule has 0 saturated carbocycles. The Hall–Kier alpha value is -2.24. The summed E-state index contributed by atoms with van der Waals surface area (Å²) in [5, 5.41) is 0. The zero-order valence-electron chi connectivity index (χ0n) is 14.3. The zero-order valence-corrected chi connectivity index (χ0v) is 14.3. The van der Waals surface area contributed by atoms with Gasteiger partial charge in [0.05, 0.1) is 0 Å². The Morgan fingerprint density at radius 2 is 1.06 bits per heavy atom. The number of carbonyl (C=O) groups excluding carboxylic acids is 1. The molecule has 0 aromatic rings. The Morgan fingerprint density at radius 1 is 0.636 bits per heavy atom. The van der Waals surface area contributed by atoms with Gasteiger partial charge in [0.2, 0.25) is 0 Å². The predicted octanol–water partition coefficient (Wildman–Crippen LogP) is 5.04. The van der Waals surface area contributed by atoms with Gasteiger partial charge in [0.25, 0.3) is 0 Å². The van der Waals surface area contributed by atoms with Gasteiger partial charge in [0, 0.05) is 0 Å². The van der Waals surface area contributed by atoms with Crippen LogP contribution in [0.4, 0.5) is 74.6 Å². The average Bonchev–Trinajstić information content (AvgIpc) is 2.55. The van der Waals surface area contributed by atoms with E-state index in [9.17, 15) is 79.4 Å². The van der Waals surface area contributed by atoms with Crippen LogP contribution in [0.15, 0.2) is 0 Å². The van der Waals surface area contributed by atoms with Crippen molar-refractivity contribution in [2.24, 2.45) is 0 Å². The Morgan fingerprint density at radius 3 is 1.36 bits per heavy atom. The molecule has 0 aliphatic heterocycles. The molecule has 0 fully saturated rings. The van der Waals surface area contributed by atoms with Gasteiger partial charge in [-0.15, -0.1) is 6.42 Å². The molecular weight excluding hydrogens is 531 g/mol. The van der Waals surface area contributed by atoms with E-state index in [0.717, 1.165) is 5.92 Å². The fourth-order valence-corrected chi connectivity index (χ4v) is 1.35. The summed E-state index contributed by atoms with van der Waals surface area (Å²) in [5.74, 6) is -25.5. The second kappa shape index (κ2) is 8.52. The maximum atomic E-state index is 13.8. The molecule has 0 aromatic carbocycles. The van der Waals surface area contributed by atoms with Crippen LogP contribution >= 0.6 is 0 Å². The van der Waals surface area contributed by atoms with Crippen molar-refractivity contribution in [3.63, 3.8) is 0 Å². The molecule has 0 unspecified atom stereocenters. The molecule has 194 valence electrons. The smallest absolute Gasteiger partial charge is 0.448 e. The van der Waals surface area contributed by atoms with E-state index in [4.69, 9.17) is 0 Å². The molecule has 0 amide bonds. The quantitative estimate of drug-likeness (QED) is 0.249. The van der Waals surface area contributed by atoms with E-state index >= 15 is 0 Å². The summed E-state index contributed by atoms with van der Waals surface area (Å²) in [6, 6.07) is 0. The van der Waals surface area contributed by atoms with E-state index in [1.807, 2.05) is 0 Å². The van der Waals surface area contributed by atoms with Crippen LogP contribution in [0.25, 0.3) is 0 Å². The molecule has 4 nitrogen and oxygen atoms in total. The molecular formula is C12H3F17O4. The molecule has 0 radical (unpaired) electrons. The van der Waals surface area contributed by atoms with E-state index in [2.05, 4.69) is 11.2 Å². The maximum absolute atomic E-state index is 13.8. The van der Waals surface area contributed by atoms with Crippen molar-refractivity contribution in [3.05, 3.63) is 0 Å². The second-order valence-corrected chi connectivity index (χ2v) is 5.28. The molecule has 33 heavy (non-hydrogen) atoms. The Kier molecular flexibility index (Phi) is 7.94. The normalized spacial score (nSPS) is 18.2. The van der Waals surface area contributed by atoms with Crippen LogP contribution < -0.4 is 0 Å². The number of rotatable bonds is 8. The number of hydrogen-bond donors (Lipinski definition) is 0. The van der Waals surface area contributed by atoms with Gasteiger partial charge >= 0.3 is 54.3 Å². The molecule has 0 aliphatic carbocycles. The van der Waals surface area contributed by atoms with Crippen molar-refractivity contribution in [1.82, 2.24) is 0 Å². The van der Waals surface area contributed by atoms with Crippen molar-refractivity contribution in [1.29, 1.82) is 0 Å². The number of terminal acetylenes is 1. The zero-order chi connectivity index (χ0) is 27.1. The SMILES string of the molecule is C#CCOC(=O)[C@@](F)(OC(F)(F)[C@@](F)(OC(F)(F)C(F)(F)C(F)(F)F)C(F)(F)F)C(F)(F)F. The van der Waals surface area contributed by atoms with Gasteiger partial charge in [-0.05, 0) is 0 Å². The summed E-state index contributed by atoms with van der Waals surface area (Å²) < 4.78 is 224.